The van der Waals surface area contributed by atoms with E-state index in [1.54, 1.807) is 7.11 Å². The van der Waals surface area contributed by atoms with E-state index in [1.165, 1.54) is 5.56 Å². The largest absolute Gasteiger partial charge is 0.383 e. The zero-order chi connectivity index (χ0) is 12.5. The highest BCUT2D eigenvalue weighted by Gasteiger charge is 2.04. The highest BCUT2D eigenvalue weighted by molar-refractivity contribution is 5.39. The Balaban J connectivity index is 2.57. The number of anilines is 1. The second-order valence-electron chi connectivity index (χ2n) is 3.88. The summed E-state index contributed by atoms with van der Waals surface area (Å²) in [5.74, 6) is 1.02. The molecule has 0 fully saturated rings. The molecule has 0 aromatic carbocycles. The van der Waals surface area contributed by atoms with Gasteiger partial charge in [0.25, 0.3) is 0 Å². The van der Waals surface area contributed by atoms with Crippen molar-refractivity contribution >= 4 is 5.82 Å². The molecule has 17 heavy (non-hydrogen) atoms. The first kappa shape index (κ1) is 13.9. The first-order valence-electron chi connectivity index (χ1n) is 6.21. The van der Waals surface area contributed by atoms with Crippen molar-refractivity contribution in [2.24, 2.45) is 0 Å². The van der Waals surface area contributed by atoms with Crippen molar-refractivity contribution in [3.05, 3.63) is 23.9 Å². The van der Waals surface area contributed by atoms with Crippen molar-refractivity contribution in [2.45, 2.75) is 20.4 Å². The van der Waals surface area contributed by atoms with Gasteiger partial charge in [-0.1, -0.05) is 13.0 Å². The Labute approximate surface area is 104 Å². The van der Waals surface area contributed by atoms with Crippen LogP contribution in [-0.2, 0) is 11.3 Å². The molecule has 1 aromatic heterocycles. The Morgan fingerprint density at radius 3 is 2.71 bits per heavy atom. The lowest BCUT2D eigenvalue weighted by molar-refractivity contribution is 0.205. The minimum Gasteiger partial charge on any atom is -0.383 e. The van der Waals surface area contributed by atoms with Gasteiger partial charge in [0.2, 0.25) is 0 Å². The summed E-state index contributed by atoms with van der Waals surface area (Å²) in [5.41, 5.74) is 1.22. The van der Waals surface area contributed by atoms with E-state index in [1.807, 2.05) is 6.20 Å². The second-order valence-corrected chi connectivity index (χ2v) is 3.88. The van der Waals surface area contributed by atoms with Crippen molar-refractivity contribution in [3.8, 4) is 0 Å². The summed E-state index contributed by atoms with van der Waals surface area (Å²) in [6.07, 6.45) is 1.94. The summed E-state index contributed by atoms with van der Waals surface area (Å²) in [4.78, 5) is 6.69. The molecule has 1 N–H and O–H groups in total. The SMILES string of the molecule is CCNCc1ccc(N(CC)CCOC)nc1. The highest BCUT2D eigenvalue weighted by atomic mass is 16.5. The van der Waals surface area contributed by atoms with Crippen molar-refractivity contribution in [1.82, 2.24) is 10.3 Å². The van der Waals surface area contributed by atoms with Crippen LogP contribution >= 0.6 is 0 Å². The van der Waals surface area contributed by atoms with Gasteiger partial charge < -0.3 is 15.0 Å². The zero-order valence-corrected chi connectivity index (χ0v) is 11.1. The van der Waals surface area contributed by atoms with E-state index in [9.17, 15) is 0 Å². The number of nitrogens with zero attached hydrogens (tertiary/aromatic N) is 2. The van der Waals surface area contributed by atoms with E-state index < -0.39 is 0 Å². The third kappa shape index (κ3) is 4.71. The molecule has 1 rings (SSSR count). The molecule has 96 valence electrons. The molecule has 4 heteroatoms. The van der Waals surface area contributed by atoms with E-state index in [-0.39, 0.29) is 0 Å². The average molecular weight is 237 g/mol. The van der Waals surface area contributed by atoms with Crippen LogP contribution in [0, 0.1) is 0 Å². The van der Waals surface area contributed by atoms with Crippen molar-refractivity contribution in [3.63, 3.8) is 0 Å². The first-order valence-corrected chi connectivity index (χ1v) is 6.21. The van der Waals surface area contributed by atoms with Gasteiger partial charge in [0.05, 0.1) is 6.61 Å². The van der Waals surface area contributed by atoms with Crippen molar-refractivity contribution < 1.29 is 4.74 Å². The molecule has 0 aliphatic heterocycles. The fourth-order valence-electron chi connectivity index (χ4n) is 1.61. The van der Waals surface area contributed by atoms with Crippen LogP contribution in [0.5, 0.6) is 0 Å². The lowest BCUT2D eigenvalue weighted by Gasteiger charge is -2.21. The lowest BCUT2D eigenvalue weighted by atomic mass is 10.2. The van der Waals surface area contributed by atoms with Gasteiger partial charge in [0.15, 0.2) is 0 Å². The number of pyridine rings is 1. The molecule has 0 atom stereocenters. The quantitative estimate of drug-likeness (QED) is 0.746. The minimum atomic E-state index is 0.731. The second kappa shape index (κ2) is 8.03. The maximum atomic E-state index is 5.09. The molecule has 0 saturated heterocycles. The van der Waals surface area contributed by atoms with Crippen LogP contribution in [0.3, 0.4) is 0 Å². The summed E-state index contributed by atoms with van der Waals surface area (Å²) < 4.78 is 5.09. The van der Waals surface area contributed by atoms with Gasteiger partial charge in [0, 0.05) is 32.9 Å². The number of aromatic nitrogens is 1. The molecule has 0 bridgehead atoms. The number of likely N-dealkylation sites (N-methyl/N-ethyl adjacent to an activating group) is 1. The summed E-state index contributed by atoms with van der Waals surface area (Å²) in [6.45, 7) is 8.66. The van der Waals surface area contributed by atoms with Gasteiger partial charge in [-0.25, -0.2) is 4.98 Å². The Hall–Kier alpha value is -1.13. The average Bonchev–Trinajstić information content (AvgIpc) is 2.38. The van der Waals surface area contributed by atoms with Crippen LogP contribution in [-0.4, -0.2) is 38.3 Å². The van der Waals surface area contributed by atoms with Crippen LogP contribution in [0.2, 0.25) is 0 Å². The van der Waals surface area contributed by atoms with Crippen LogP contribution in [0.25, 0.3) is 0 Å². The van der Waals surface area contributed by atoms with Crippen LogP contribution in [0.1, 0.15) is 19.4 Å². The predicted octanol–water partition coefficient (Wildman–Crippen LogP) is 1.66. The third-order valence-corrected chi connectivity index (χ3v) is 2.66. The highest BCUT2D eigenvalue weighted by Crippen LogP contribution is 2.10. The molecular weight excluding hydrogens is 214 g/mol. The molecule has 0 aliphatic carbocycles. The number of nitrogens with one attached hydrogen (secondary N) is 1. The van der Waals surface area contributed by atoms with Gasteiger partial charge in [-0.05, 0) is 25.1 Å². The summed E-state index contributed by atoms with van der Waals surface area (Å²) in [5, 5.41) is 3.29. The van der Waals surface area contributed by atoms with Gasteiger partial charge in [-0.15, -0.1) is 0 Å². The van der Waals surface area contributed by atoms with Crippen molar-refractivity contribution in [1.29, 1.82) is 0 Å². The fourth-order valence-corrected chi connectivity index (χ4v) is 1.61. The normalized spacial score (nSPS) is 10.5. The summed E-state index contributed by atoms with van der Waals surface area (Å²) in [6, 6.07) is 4.20. The summed E-state index contributed by atoms with van der Waals surface area (Å²) in [7, 11) is 1.72. The number of methoxy groups -OCH3 is 1. The number of hydrogen-bond acceptors (Lipinski definition) is 4. The molecule has 0 saturated carbocycles. The third-order valence-electron chi connectivity index (χ3n) is 2.66. The van der Waals surface area contributed by atoms with Gasteiger partial charge >= 0.3 is 0 Å². The van der Waals surface area contributed by atoms with E-state index in [4.69, 9.17) is 4.74 Å². The Morgan fingerprint density at radius 1 is 1.35 bits per heavy atom. The maximum absolute atomic E-state index is 5.09. The fraction of sp³-hybridized carbons (Fsp3) is 0.615. The molecule has 4 nitrogen and oxygen atoms in total. The van der Waals surface area contributed by atoms with Gasteiger partial charge in [-0.2, -0.15) is 0 Å². The van der Waals surface area contributed by atoms with Crippen LogP contribution < -0.4 is 10.2 Å². The van der Waals surface area contributed by atoms with Crippen LogP contribution in [0.4, 0.5) is 5.82 Å². The number of ether oxygens (including phenoxy) is 1. The number of hydrogen-bond donors (Lipinski definition) is 1. The Bertz CT molecular complexity index is 300. The monoisotopic (exact) mass is 237 g/mol. The minimum absolute atomic E-state index is 0.731. The Kier molecular flexibility index (Phi) is 6.58. The molecule has 1 aromatic rings. The van der Waals surface area contributed by atoms with Crippen molar-refractivity contribution in [2.75, 3.05) is 38.3 Å². The molecule has 0 aliphatic rings. The predicted molar refractivity (Wildman–Crippen MR) is 71.4 cm³/mol. The number of rotatable bonds is 8. The van der Waals surface area contributed by atoms with E-state index in [0.29, 0.717) is 0 Å². The van der Waals surface area contributed by atoms with E-state index >= 15 is 0 Å². The summed E-state index contributed by atoms with van der Waals surface area (Å²) >= 11 is 0. The smallest absolute Gasteiger partial charge is 0.128 e. The van der Waals surface area contributed by atoms with Crippen LogP contribution in [0.15, 0.2) is 18.3 Å². The first-order chi connectivity index (χ1) is 8.31. The molecule has 0 spiro atoms. The molecule has 0 amide bonds. The van der Waals surface area contributed by atoms with Gasteiger partial charge in [-0.3, -0.25) is 0 Å². The van der Waals surface area contributed by atoms with Gasteiger partial charge in [0.1, 0.15) is 5.82 Å². The molecule has 0 radical (unpaired) electrons. The maximum Gasteiger partial charge on any atom is 0.128 e. The standard InChI is InChI=1S/C13H23N3O/c1-4-14-10-12-6-7-13(15-11-12)16(5-2)8-9-17-3/h6-7,11,14H,4-5,8-10H2,1-3H3. The van der Waals surface area contributed by atoms with E-state index in [2.05, 4.69) is 41.2 Å². The lowest BCUT2D eigenvalue weighted by Crippen LogP contribution is -2.27. The Morgan fingerprint density at radius 2 is 2.18 bits per heavy atom. The zero-order valence-electron chi connectivity index (χ0n) is 11.1. The van der Waals surface area contributed by atoms with E-state index in [0.717, 1.165) is 38.6 Å². The molecular formula is C13H23N3O. The molecule has 0 unspecified atom stereocenters. The molecule has 1 heterocycles. The topological polar surface area (TPSA) is 37.4 Å².